The second-order valence-corrected chi connectivity index (χ2v) is 24.5. The van der Waals surface area contributed by atoms with Crippen molar-refractivity contribution in [3.05, 3.63) is 105 Å². The van der Waals surface area contributed by atoms with E-state index in [1.165, 1.54) is 36.5 Å². The average Bonchev–Trinajstić information content (AvgIpc) is 3.70. The minimum Gasteiger partial charge on any atom is -0.497 e. The molecule has 0 spiro atoms. The Hall–Kier alpha value is -5.34. The van der Waals surface area contributed by atoms with Gasteiger partial charge in [0.15, 0.2) is 0 Å². The summed E-state index contributed by atoms with van der Waals surface area (Å²) in [5, 5.41) is 2.38. The number of halogens is 3. The highest BCUT2D eigenvalue weighted by molar-refractivity contribution is 7.85. The number of carbonyl (C=O) groups is 3. The summed E-state index contributed by atoms with van der Waals surface area (Å²) in [7, 11) is -2.02. The van der Waals surface area contributed by atoms with Gasteiger partial charge in [0, 0.05) is 76.4 Å². The van der Waals surface area contributed by atoms with Crippen molar-refractivity contribution in [2.24, 2.45) is 11.3 Å². The van der Waals surface area contributed by atoms with Crippen LogP contribution in [0.5, 0.6) is 5.75 Å². The van der Waals surface area contributed by atoms with Crippen LogP contribution in [-0.4, -0.2) is 132 Å². The Bertz CT molecular complexity index is 2960. The molecular formula is C57H75F3N6O9S. The first-order valence-corrected chi connectivity index (χ1v) is 28.4. The molecule has 0 bridgehead atoms. The first-order valence-electron chi connectivity index (χ1n) is 26.8. The fraction of sp³-hybridized carbons (Fsp3) is 0.579. The minimum atomic E-state index is -4.35. The lowest BCUT2D eigenvalue weighted by molar-refractivity contribution is -0.217. The monoisotopic (exact) mass is 1080 g/mol. The van der Waals surface area contributed by atoms with E-state index in [1.807, 2.05) is 28.0 Å². The first kappa shape index (κ1) is 56.9. The second-order valence-electron chi connectivity index (χ2n) is 22.8. The molecule has 0 saturated carbocycles. The van der Waals surface area contributed by atoms with Gasteiger partial charge >= 0.3 is 11.9 Å². The summed E-state index contributed by atoms with van der Waals surface area (Å²) >= 11 is 0. The van der Waals surface area contributed by atoms with Gasteiger partial charge in [0.1, 0.15) is 11.8 Å². The van der Waals surface area contributed by atoms with Crippen LogP contribution in [0.1, 0.15) is 131 Å². The lowest BCUT2D eigenvalue weighted by atomic mass is 9.67. The zero-order chi connectivity index (χ0) is 54.8. The molecule has 4 aromatic rings. The number of ether oxygens (including phenoxy) is 2. The Morgan fingerprint density at radius 2 is 1.63 bits per heavy atom. The molecule has 5 heterocycles. The predicted octanol–water partition coefficient (Wildman–Crippen LogP) is 8.58. The molecule has 0 unspecified atom stereocenters. The van der Waals surface area contributed by atoms with Gasteiger partial charge in [0.2, 0.25) is 11.8 Å². The van der Waals surface area contributed by atoms with E-state index in [0.29, 0.717) is 69.2 Å². The quantitative estimate of drug-likeness (QED) is 0.0863. The molecule has 76 heavy (non-hydrogen) atoms. The number of hydrogen-bond acceptors (Lipinski definition) is 10. The van der Waals surface area contributed by atoms with Crippen molar-refractivity contribution in [3.63, 3.8) is 0 Å². The van der Waals surface area contributed by atoms with Gasteiger partial charge < -0.3 is 14.4 Å². The Morgan fingerprint density at radius 3 is 2.24 bits per heavy atom. The van der Waals surface area contributed by atoms with Crippen LogP contribution in [0.3, 0.4) is 0 Å². The lowest BCUT2D eigenvalue weighted by Gasteiger charge is -2.46. The second kappa shape index (κ2) is 22.9. The van der Waals surface area contributed by atoms with Crippen molar-refractivity contribution in [2.45, 2.75) is 135 Å². The normalized spacial score (nSPS) is 22.5. The number of imide groups is 1. The largest absolute Gasteiger partial charge is 0.497 e. The number of piperazine rings is 1. The number of alkyl halides is 3. The maximum atomic E-state index is 14.4. The molecule has 2 N–H and O–H groups in total. The van der Waals surface area contributed by atoms with Crippen molar-refractivity contribution in [1.29, 1.82) is 0 Å². The molecule has 3 amide bonds. The number of rotatable bonds is 15. The van der Waals surface area contributed by atoms with Gasteiger partial charge in [0.25, 0.3) is 16.0 Å². The molecule has 414 valence electrons. The van der Waals surface area contributed by atoms with Crippen molar-refractivity contribution < 1.29 is 50.0 Å². The maximum Gasteiger partial charge on any atom is 0.395 e. The lowest BCUT2D eigenvalue weighted by Crippen LogP contribution is -2.50. The van der Waals surface area contributed by atoms with E-state index in [-0.39, 0.29) is 53.7 Å². The zero-order valence-corrected chi connectivity index (χ0v) is 45.7. The van der Waals surface area contributed by atoms with Crippen molar-refractivity contribution >= 4 is 44.4 Å². The number of aryl methyl sites for hydroxylation is 2. The minimum absolute atomic E-state index is 0.0301. The van der Waals surface area contributed by atoms with Crippen LogP contribution in [-0.2, 0) is 49.4 Å². The fourth-order valence-electron chi connectivity index (χ4n) is 12.1. The van der Waals surface area contributed by atoms with Crippen molar-refractivity contribution in [3.8, 4) is 5.75 Å². The van der Waals surface area contributed by atoms with Crippen molar-refractivity contribution in [1.82, 2.24) is 29.2 Å². The molecule has 3 aromatic carbocycles. The van der Waals surface area contributed by atoms with Crippen LogP contribution in [0.25, 0.3) is 16.6 Å². The highest BCUT2D eigenvalue weighted by atomic mass is 32.2. The smallest absolute Gasteiger partial charge is 0.395 e. The van der Waals surface area contributed by atoms with Crippen molar-refractivity contribution in [2.75, 3.05) is 65.3 Å². The summed E-state index contributed by atoms with van der Waals surface area (Å²) in [6.45, 7) is 13.8. The number of carbonyl (C=O) groups excluding carboxylic acids is 3. The molecule has 0 radical (unpaired) electrons. The Kier molecular flexibility index (Phi) is 17.2. The van der Waals surface area contributed by atoms with E-state index >= 15 is 0 Å². The number of aromatic nitrogens is 2. The number of nitrogens with zero attached hydrogens (tertiary/aromatic N) is 5. The summed E-state index contributed by atoms with van der Waals surface area (Å²) in [5.41, 5.74) is 4.66. The summed E-state index contributed by atoms with van der Waals surface area (Å²) < 4.78 is 84.9. The highest BCUT2D eigenvalue weighted by Gasteiger charge is 2.49. The van der Waals surface area contributed by atoms with Crippen LogP contribution in [0, 0.1) is 11.3 Å². The SMILES string of the molecule is CCS(=O)(=O)O.COc1ccc([C@]2(CCN(Cc3ccc(C4=CC[C@H](CN5CCN(C(=O)c6ccc7c8c6CCCn8c(=O)n7[C@@H]6CCC(=O)NC6=O)CC5)CC4)cc3)CC(C)(C)C(F)(F)F)CCOC(C)(C)C2)cc1. The predicted molar refractivity (Wildman–Crippen MR) is 286 cm³/mol. The van der Waals surface area contributed by atoms with E-state index in [1.54, 1.807) is 17.7 Å². The number of amides is 3. The van der Waals surface area contributed by atoms with Crippen LogP contribution < -0.4 is 15.7 Å². The molecule has 1 aromatic heterocycles. The van der Waals surface area contributed by atoms with Crippen LogP contribution in [0.4, 0.5) is 13.2 Å². The molecule has 1 aliphatic carbocycles. The standard InChI is InChI=1S/C55H69F3N6O6.C2H6O3S/c1-52(2,55(56,57)58)36-61(27-24-54(25-32-70-53(3,4)35-54)41-16-18-42(69-5)19-17-41)34-38-10-14-40(15-11-38)39-12-8-37(9-13-39)33-60-28-30-62(31-29-60)50(67)44-20-21-45-48-43(44)7-6-26-63(48)51(68)64(45)46-22-23-47(65)59-49(46)66;1-2-6(3,4)5/h10-12,14-21,37,46H,6-9,13,22-36H2,1-5H3,(H,59,65,66);2H2,1H3,(H,3,4,5)/t37-,46+,54+;/m0./s1. The van der Waals surface area contributed by atoms with Crippen LogP contribution in [0.2, 0.25) is 0 Å². The molecular weight excluding hydrogens is 1000 g/mol. The Balaban J connectivity index is 0.00000121. The molecule has 3 saturated heterocycles. The number of piperidine rings is 1. The van der Waals surface area contributed by atoms with Crippen LogP contribution in [0.15, 0.2) is 71.5 Å². The van der Waals surface area contributed by atoms with Gasteiger partial charge in [-0.2, -0.15) is 21.6 Å². The first-order chi connectivity index (χ1) is 35.9. The van der Waals surface area contributed by atoms with Gasteiger partial charge in [-0.05, 0) is 157 Å². The number of hydrogen-bond donors (Lipinski definition) is 2. The van der Waals surface area contributed by atoms with Gasteiger partial charge in [-0.3, -0.25) is 43.2 Å². The van der Waals surface area contributed by atoms with E-state index in [4.69, 9.17) is 14.0 Å². The molecule has 3 atom stereocenters. The summed E-state index contributed by atoms with van der Waals surface area (Å²) in [4.78, 5) is 58.8. The Labute approximate surface area is 444 Å². The third kappa shape index (κ3) is 13.0. The molecule has 3 fully saturated rings. The van der Waals surface area contributed by atoms with E-state index in [9.17, 15) is 40.8 Å². The molecule has 4 aliphatic heterocycles. The number of allylic oxidation sites excluding steroid dienone is 2. The highest BCUT2D eigenvalue weighted by Crippen LogP contribution is 2.46. The number of methoxy groups -OCH3 is 1. The van der Waals surface area contributed by atoms with Gasteiger partial charge in [-0.1, -0.05) is 42.5 Å². The number of benzene rings is 3. The molecule has 19 heteroatoms. The van der Waals surface area contributed by atoms with E-state index in [0.717, 1.165) is 86.1 Å². The topological polar surface area (TPSA) is 173 Å². The van der Waals surface area contributed by atoms with E-state index in [2.05, 4.69) is 66.5 Å². The summed E-state index contributed by atoms with van der Waals surface area (Å²) in [6, 6.07) is 19.4. The van der Waals surface area contributed by atoms with E-state index < -0.39 is 33.7 Å². The number of nitrogens with one attached hydrogen (secondary N) is 1. The Morgan fingerprint density at radius 1 is 0.934 bits per heavy atom. The maximum absolute atomic E-state index is 14.4. The average molecular weight is 1080 g/mol. The van der Waals surface area contributed by atoms with Crippen LogP contribution >= 0.6 is 0 Å². The van der Waals surface area contributed by atoms with Gasteiger partial charge in [-0.25, -0.2) is 4.79 Å². The summed E-state index contributed by atoms with van der Waals surface area (Å²) in [6.07, 6.45) is 5.05. The summed E-state index contributed by atoms with van der Waals surface area (Å²) in [5.74, 6) is 0.236. The molecule has 15 nitrogen and oxygen atoms in total. The third-order valence-corrected chi connectivity index (χ3v) is 17.1. The van der Waals surface area contributed by atoms with Gasteiger partial charge in [-0.15, -0.1) is 0 Å². The molecule has 9 rings (SSSR count). The van der Waals surface area contributed by atoms with Gasteiger partial charge in [0.05, 0.1) is 34.9 Å². The molecule has 5 aliphatic rings. The third-order valence-electron chi connectivity index (χ3n) is 16.4. The number of imidazole rings is 1. The zero-order valence-electron chi connectivity index (χ0n) is 44.8. The fourth-order valence-corrected chi connectivity index (χ4v) is 12.1.